The Labute approximate surface area is 119 Å². The fourth-order valence-electron chi connectivity index (χ4n) is 3.42. The van der Waals surface area contributed by atoms with Crippen molar-refractivity contribution in [2.24, 2.45) is 0 Å². The molecule has 0 aromatic carbocycles. The van der Waals surface area contributed by atoms with Gasteiger partial charge in [-0.3, -0.25) is 9.78 Å². The molecule has 0 aliphatic carbocycles. The molecular formula is C15H21N3O2. The van der Waals surface area contributed by atoms with Crippen LogP contribution in [0.4, 0.5) is 0 Å². The van der Waals surface area contributed by atoms with Gasteiger partial charge in [-0.2, -0.15) is 0 Å². The van der Waals surface area contributed by atoms with E-state index >= 15 is 0 Å². The van der Waals surface area contributed by atoms with Crippen molar-refractivity contribution in [2.75, 3.05) is 14.2 Å². The number of methoxy groups -OCH3 is 1. The molecule has 2 unspecified atom stereocenters. The Morgan fingerprint density at radius 2 is 2.10 bits per heavy atom. The molecule has 1 amide bonds. The second-order valence-corrected chi connectivity index (χ2v) is 5.76. The molecule has 5 heteroatoms. The van der Waals surface area contributed by atoms with E-state index in [2.05, 4.69) is 10.3 Å². The molecule has 20 heavy (non-hydrogen) atoms. The van der Waals surface area contributed by atoms with E-state index in [1.165, 1.54) is 12.8 Å². The second kappa shape index (κ2) is 5.40. The fourth-order valence-corrected chi connectivity index (χ4v) is 3.42. The Balaban J connectivity index is 1.76. The van der Waals surface area contributed by atoms with E-state index in [9.17, 15) is 4.79 Å². The number of carbonyl (C=O) groups is 1. The van der Waals surface area contributed by atoms with Crippen LogP contribution in [-0.2, 0) is 0 Å². The van der Waals surface area contributed by atoms with Crippen LogP contribution >= 0.6 is 0 Å². The van der Waals surface area contributed by atoms with Crippen molar-refractivity contribution in [3.05, 3.63) is 24.0 Å². The molecule has 0 spiro atoms. The van der Waals surface area contributed by atoms with Crippen molar-refractivity contribution in [3.8, 4) is 5.75 Å². The Morgan fingerprint density at radius 1 is 1.40 bits per heavy atom. The van der Waals surface area contributed by atoms with Crippen LogP contribution < -0.4 is 10.1 Å². The van der Waals surface area contributed by atoms with Gasteiger partial charge in [0.15, 0.2) is 0 Å². The van der Waals surface area contributed by atoms with Crippen molar-refractivity contribution in [3.63, 3.8) is 0 Å². The molecule has 1 aromatic heterocycles. The molecule has 2 atom stereocenters. The number of piperidine rings is 1. The maximum atomic E-state index is 12.7. The van der Waals surface area contributed by atoms with Crippen LogP contribution in [0.25, 0.3) is 0 Å². The summed E-state index contributed by atoms with van der Waals surface area (Å²) in [5, 5.41) is 3.60. The molecule has 2 aliphatic heterocycles. The van der Waals surface area contributed by atoms with Crippen LogP contribution in [0.2, 0.25) is 0 Å². The van der Waals surface area contributed by atoms with E-state index in [4.69, 9.17) is 4.74 Å². The van der Waals surface area contributed by atoms with Crippen LogP contribution in [0.1, 0.15) is 36.0 Å². The molecule has 108 valence electrons. The number of hydrogen-bond donors (Lipinski definition) is 1. The van der Waals surface area contributed by atoms with E-state index in [1.807, 2.05) is 11.9 Å². The minimum atomic E-state index is 0.0237. The first-order valence-electron chi connectivity index (χ1n) is 7.20. The molecule has 0 radical (unpaired) electrons. The molecule has 0 saturated carbocycles. The summed E-state index contributed by atoms with van der Waals surface area (Å²) in [5.74, 6) is 0.566. The summed E-state index contributed by atoms with van der Waals surface area (Å²) in [6.07, 6.45) is 7.80. The lowest BCUT2D eigenvalue weighted by Crippen LogP contribution is -2.48. The van der Waals surface area contributed by atoms with Crippen molar-refractivity contribution in [1.82, 2.24) is 15.2 Å². The molecule has 2 aliphatic rings. The zero-order valence-corrected chi connectivity index (χ0v) is 12.0. The number of carbonyl (C=O) groups excluding carboxylic acids is 1. The highest BCUT2D eigenvalue weighted by molar-refractivity contribution is 5.96. The van der Waals surface area contributed by atoms with Gasteiger partial charge in [0.2, 0.25) is 0 Å². The lowest BCUT2D eigenvalue weighted by molar-refractivity contribution is 0.0678. The van der Waals surface area contributed by atoms with E-state index in [0.29, 0.717) is 29.4 Å². The van der Waals surface area contributed by atoms with E-state index in [0.717, 1.165) is 12.8 Å². The summed E-state index contributed by atoms with van der Waals surface area (Å²) in [4.78, 5) is 18.5. The Kier molecular flexibility index (Phi) is 3.61. The third-order valence-corrected chi connectivity index (χ3v) is 4.55. The fraction of sp³-hybridized carbons (Fsp3) is 0.600. The van der Waals surface area contributed by atoms with Gasteiger partial charge in [0.25, 0.3) is 5.91 Å². The SMILES string of the molecule is COc1cnccc1C(=O)N(C)C1CC2CCC(C1)N2. The lowest BCUT2D eigenvalue weighted by atomic mass is 9.98. The van der Waals surface area contributed by atoms with Gasteiger partial charge in [-0.25, -0.2) is 0 Å². The van der Waals surface area contributed by atoms with Gasteiger partial charge in [-0.1, -0.05) is 0 Å². The largest absolute Gasteiger partial charge is 0.494 e. The van der Waals surface area contributed by atoms with Gasteiger partial charge in [-0.05, 0) is 31.7 Å². The second-order valence-electron chi connectivity index (χ2n) is 5.76. The number of ether oxygens (including phenoxy) is 1. The molecule has 3 heterocycles. The molecule has 3 rings (SSSR count). The first kappa shape index (κ1) is 13.4. The molecule has 5 nitrogen and oxygen atoms in total. The van der Waals surface area contributed by atoms with Crippen LogP contribution in [0.15, 0.2) is 18.5 Å². The molecule has 1 N–H and O–H groups in total. The smallest absolute Gasteiger partial charge is 0.257 e. The van der Waals surface area contributed by atoms with Crippen LogP contribution in [0, 0.1) is 0 Å². The summed E-state index contributed by atoms with van der Waals surface area (Å²) >= 11 is 0. The third-order valence-electron chi connectivity index (χ3n) is 4.55. The van der Waals surface area contributed by atoms with E-state index in [-0.39, 0.29) is 5.91 Å². The van der Waals surface area contributed by atoms with Gasteiger partial charge >= 0.3 is 0 Å². The lowest BCUT2D eigenvalue weighted by Gasteiger charge is -2.35. The third kappa shape index (κ3) is 2.38. The minimum Gasteiger partial charge on any atom is -0.494 e. The van der Waals surface area contributed by atoms with Crippen LogP contribution in [-0.4, -0.2) is 48.1 Å². The predicted molar refractivity (Wildman–Crippen MR) is 75.9 cm³/mol. The summed E-state index contributed by atoms with van der Waals surface area (Å²) in [6.45, 7) is 0. The van der Waals surface area contributed by atoms with E-state index < -0.39 is 0 Å². The van der Waals surface area contributed by atoms with Crippen molar-refractivity contribution in [2.45, 2.75) is 43.8 Å². The quantitative estimate of drug-likeness (QED) is 0.907. The molecule has 2 bridgehead atoms. The summed E-state index contributed by atoms with van der Waals surface area (Å²) in [7, 11) is 3.47. The molecule has 2 saturated heterocycles. The number of rotatable bonds is 3. The number of fused-ring (bicyclic) bond motifs is 2. The van der Waals surface area contributed by atoms with Gasteiger partial charge in [0.05, 0.1) is 18.9 Å². The van der Waals surface area contributed by atoms with Crippen LogP contribution in [0.3, 0.4) is 0 Å². The van der Waals surface area contributed by atoms with E-state index in [1.54, 1.807) is 25.6 Å². The molecule has 2 fully saturated rings. The maximum absolute atomic E-state index is 12.7. The highest BCUT2D eigenvalue weighted by atomic mass is 16.5. The average molecular weight is 275 g/mol. The highest BCUT2D eigenvalue weighted by Crippen LogP contribution is 2.30. The van der Waals surface area contributed by atoms with Gasteiger partial charge in [-0.15, -0.1) is 0 Å². The normalized spacial score (nSPS) is 28.2. The summed E-state index contributed by atoms with van der Waals surface area (Å²) in [6, 6.07) is 3.20. The van der Waals surface area contributed by atoms with Crippen molar-refractivity contribution in [1.29, 1.82) is 0 Å². The number of aromatic nitrogens is 1. The average Bonchev–Trinajstić information content (AvgIpc) is 2.84. The first-order chi connectivity index (χ1) is 9.69. The Morgan fingerprint density at radius 3 is 2.75 bits per heavy atom. The maximum Gasteiger partial charge on any atom is 0.257 e. The number of pyridine rings is 1. The summed E-state index contributed by atoms with van der Waals surface area (Å²) in [5.41, 5.74) is 0.593. The number of nitrogens with one attached hydrogen (secondary N) is 1. The Bertz CT molecular complexity index is 494. The first-order valence-corrected chi connectivity index (χ1v) is 7.20. The number of amides is 1. The zero-order chi connectivity index (χ0) is 14.1. The molecule has 1 aromatic rings. The van der Waals surface area contributed by atoms with Crippen LogP contribution in [0.5, 0.6) is 5.75 Å². The molecular weight excluding hydrogens is 254 g/mol. The predicted octanol–water partition coefficient (Wildman–Crippen LogP) is 1.45. The zero-order valence-electron chi connectivity index (χ0n) is 12.0. The van der Waals surface area contributed by atoms with Gasteiger partial charge in [0.1, 0.15) is 5.75 Å². The highest BCUT2D eigenvalue weighted by Gasteiger charge is 2.36. The summed E-state index contributed by atoms with van der Waals surface area (Å²) < 4.78 is 5.24. The number of hydrogen-bond acceptors (Lipinski definition) is 4. The monoisotopic (exact) mass is 275 g/mol. The standard InChI is InChI=1S/C15H21N3O2/c1-18(12-7-10-3-4-11(8-12)17-10)15(19)13-5-6-16-9-14(13)20-2/h5-6,9-12,17H,3-4,7-8H2,1-2H3. The number of nitrogens with zero attached hydrogens (tertiary/aromatic N) is 2. The van der Waals surface area contributed by atoms with Crippen molar-refractivity contribution >= 4 is 5.91 Å². The van der Waals surface area contributed by atoms with Crippen molar-refractivity contribution < 1.29 is 9.53 Å². The minimum absolute atomic E-state index is 0.0237. The Hall–Kier alpha value is -1.62. The van der Waals surface area contributed by atoms with Gasteiger partial charge < -0.3 is 15.0 Å². The topological polar surface area (TPSA) is 54.5 Å². The van der Waals surface area contributed by atoms with Gasteiger partial charge in [0, 0.05) is 31.4 Å².